The molecule has 0 aliphatic rings. The lowest BCUT2D eigenvalue weighted by molar-refractivity contribution is -0.870. The maximum atomic E-state index is 12.7. The summed E-state index contributed by atoms with van der Waals surface area (Å²) in [7, 11) is 1.33. The van der Waals surface area contributed by atoms with E-state index in [1.54, 1.807) is 6.26 Å². The van der Waals surface area contributed by atoms with Crippen LogP contribution in [-0.2, 0) is 27.9 Å². The van der Waals surface area contributed by atoms with E-state index >= 15 is 0 Å². The molecule has 2 atom stereocenters. The van der Waals surface area contributed by atoms with Gasteiger partial charge in [-0.2, -0.15) is 0 Å². The maximum Gasteiger partial charge on any atom is 0.306 e. The number of quaternary nitrogens is 1. The Kier molecular flexibility index (Phi) is 38.8. The van der Waals surface area contributed by atoms with E-state index in [1.165, 1.54) is 161 Å². The molecule has 0 aromatic rings. The number of unbranched alkanes of at least 4 members (excludes halogenated alkanes) is 27. The molecule has 0 aromatic heterocycles. The second kappa shape index (κ2) is 39.6. The van der Waals surface area contributed by atoms with Crippen LogP contribution in [0.2, 0.25) is 0 Å². The van der Waals surface area contributed by atoms with Gasteiger partial charge in [0.2, 0.25) is 0 Å². The molecule has 0 spiro atoms. The first-order valence-corrected chi connectivity index (χ1v) is 24.6. The lowest BCUT2D eigenvalue weighted by atomic mass is 10.0. The van der Waals surface area contributed by atoms with Gasteiger partial charge in [0.25, 0.3) is 7.82 Å². The summed E-state index contributed by atoms with van der Waals surface area (Å²) in [6, 6.07) is 0. The first kappa shape index (κ1) is 53.8. The molecule has 0 aliphatic carbocycles. The van der Waals surface area contributed by atoms with Gasteiger partial charge in [0.05, 0.1) is 34.0 Å². The Hall–Kier alpha value is -1.18. The van der Waals surface area contributed by atoms with Crippen LogP contribution in [0.25, 0.3) is 0 Å². The average Bonchev–Trinajstić information content (AvgIpc) is 3.13. The van der Waals surface area contributed by atoms with Gasteiger partial charge in [-0.3, -0.25) is 9.36 Å². The fourth-order valence-electron chi connectivity index (χ4n) is 6.45. The summed E-state index contributed by atoms with van der Waals surface area (Å²) in [5, 5.41) is 0. The van der Waals surface area contributed by atoms with Gasteiger partial charge in [0.1, 0.15) is 19.8 Å². The molecule has 0 rings (SSSR count). The molecule has 0 heterocycles. The van der Waals surface area contributed by atoms with Gasteiger partial charge in [-0.15, -0.1) is 0 Å². The van der Waals surface area contributed by atoms with E-state index in [0.717, 1.165) is 32.1 Å². The van der Waals surface area contributed by atoms with Crippen molar-refractivity contribution in [3.63, 3.8) is 0 Å². The zero-order valence-electron chi connectivity index (χ0n) is 36.9. The highest BCUT2D eigenvalue weighted by molar-refractivity contribution is 7.45. The molecule has 9 heteroatoms. The summed E-state index contributed by atoms with van der Waals surface area (Å²) in [5.74, 6) is -0.359. The van der Waals surface area contributed by atoms with Crippen molar-refractivity contribution in [3.8, 4) is 0 Å². The number of esters is 1. The lowest BCUT2D eigenvalue weighted by Gasteiger charge is -2.28. The van der Waals surface area contributed by atoms with Crippen molar-refractivity contribution in [3.05, 3.63) is 24.5 Å². The Morgan fingerprint density at radius 1 is 0.564 bits per heavy atom. The van der Waals surface area contributed by atoms with Crippen LogP contribution in [0.15, 0.2) is 24.5 Å². The van der Waals surface area contributed by atoms with Crippen LogP contribution in [0, 0.1) is 0 Å². The summed E-state index contributed by atoms with van der Waals surface area (Å²) in [6.07, 6.45) is 45.7. The van der Waals surface area contributed by atoms with E-state index in [1.807, 2.05) is 27.2 Å². The van der Waals surface area contributed by atoms with E-state index in [-0.39, 0.29) is 25.8 Å². The number of hydrogen-bond donors (Lipinski definition) is 0. The molecule has 0 saturated heterocycles. The van der Waals surface area contributed by atoms with Crippen LogP contribution in [0.4, 0.5) is 0 Å². The first-order valence-electron chi connectivity index (χ1n) is 23.1. The van der Waals surface area contributed by atoms with E-state index in [9.17, 15) is 14.3 Å². The predicted molar refractivity (Wildman–Crippen MR) is 231 cm³/mol. The smallest absolute Gasteiger partial charge is 0.306 e. The summed E-state index contributed by atoms with van der Waals surface area (Å²) in [5.41, 5.74) is 0. The fraction of sp³-hybridized carbons (Fsp3) is 0.891. The number of carbonyl (C=O) groups is 1. The predicted octanol–water partition coefficient (Wildman–Crippen LogP) is 13.3. The fourth-order valence-corrected chi connectivity index (χ4v) is 7.18. The van der Waals surface area contributed by atoms with Crippen molar-refractivity contribution < 1.29 is 37.3 Å². The van der Waals surface area contributed by atoms with Crippen LogP contribution in [0.5, 0.6) is 0 Å². The second-order valence-electron chi connectivity index (χ2n) is 16.8. The minimum atomic E-state index is -4.54. The standard InChI is InChI=1S/C46H90NO7P/c1-6-8-10-12-14-16-18-20-22-23-24-26-28-30-32-34-36-38-41-51-43-45(44-53-55(49,50)52-42-40-47(3,4)5)54-46(48)39-37-35-33-31-29-27-25-21-19-17-15-13-11-9-7-2/h17,19,38,41,45H,6-16,18,20-37,39-40,42-44H2,1-5H3/b19-17+,41-38+/t45-/m1/s1. The zero-order valence-corrected chi connectivity index (χ0v) is 37.8. The van der Waals surface area contributed by atoms with Crippen LogP contribution >= 0.6 is 7.82 Å². The van der Waals surface area contributed by atoms with Gasteiger partial charge in [-0.25, -0.2) is 0 Å². The van der Waals surface area contributed by atoms with Crippen LogP contribution in [0.3, 0.4) is 0 Å². The summed E-state index contributed by atoms with van der Waals surface area (Å²) in [6.45, 7) is 4.74. The molecule has 55 heavy (non-hydrogen) atoms. The van der Waals surface area contributed by atoms with E-state index in [0.29, 0.717) is 17.4 Å². The summed E-state index contributed by atoms with van der Waals surface area (Å²) in [4.78, 5) is 25.0. The molecule has 8 nitrogen and oxygen atoms in total. The van der Waals surface area contributed by atoms with Crippen molar-refractivity contribution in [2.45, 2.75) is 219 Å². The van der Waals surface area contributed by atoms with Crippen molar-refractivity contribution >= 4 is 13.8 Å². The third kappa shape index (κ3) is 43.8. The molecule has 0 fully saturated rings. The Labute approximate surface area is 341 Å². The van der Waals surface area contributed by atoms with E-state index < -0.39 is 13.9 Å². The van der Waals surface area contributed by atoms with Gasteiger partial charge < -0.3 is 27.9 Å². The molecule has 0 aromatic carbocycles. The minimum absolute atomic E-state index is 0.0174. The van der Waals surface area contributed by atoms with Gasteiger partial charge in [-0.1, -0.05) is 174 Å². The first-order chi connectivity index (χ1) is 26.6. The number of likely N-dealkylation sites (N-methyl/N-ethyl adjacent to an activating group) is 1. The largest absolute Gasteiger partial charge is 0.756 e. The van der Waals surface area contributed by atoms with Crippen molar-refractivity contribution in [2.75, 3.05) is 47.5 Å². The number of ether oxygens (including phenoxy) is 2. The van der Waals surface area contributed by atoms with Gasteiger partial charge >= 0.3 is 5.97 Å². The van der Waals surface area contributed by atoms with Crippen molar-refractivity contribution in [2.24, 2.45) is 0 Å². The van der Waals surface area contributed by atoms with Crippen LogP contribution < -0.4 is 4.89 Å². The van der Waals surface area contributed by atoms with Gasteiger partial charge in [-0.05, 0) is 51.0 Å². The lowest BCUT2D eigenvalue weighted by Crippen LogP contribution is -2.37. The molecule has 0 radical (unpaired) electrons. The number of hydrogen-bond acceptors (Lipinski definition) is 7. The van der Waals surface area contributed by atoms with Crippen LogP contribution in [-0.4, -0.2) is 64.1 Å². The second-order valence-corrected chi connectivity index (χ2v) is 18.2. The Morgan fingerprint density at radius 3 is 1.42 bits per heavy atom. The van der Waals surface area contributed by atoms with Gasteiger partial charge in [0.15, 0.2) is 6.10 Å². The Bertz CT molecular complexity index is 936. The number of phosphoric acid groups is 1. The van der Waals surface area contributed by atoms with Gasteiger partial charge in [0, 0.05) is 6.42 Å². The van der Waals surface area contributed by atoms with Crippen LogP contribution in [0.1, 0.15) is 213 Å². The maximum absolute atomic E-state index is 12.7. The normalized spacial score (nSPS) is 13.9. The molecule has 0 saturated carbocycles. The number of phosphoric ester groups is 1. The third-order valence-electron chi connectivity index (χ3n) is 10.1. The topological polar surface area (TPSA) is 94.1 Å². The SMILES string of the molecule is CCCCCC/C=C/CCCCCCCCCC(=O)O[C@H](CO/C=C/CCCCCCCCCCCCCCCCCC)COP(=O)([O-])OCC[N+](C)(C)C. The highest BCUT2D eigenvalue weighted by Crippen LogP contribution is 2.38. The number of carbonyl (C=O) groups excluding carboxylic acids is 1. The molecular formula is C46H90NO7P. The Balaban J connectivity index is 4.23. The average molecular weight is 800 g/mol. The number of rotatable bonds is 43. The van der Waals surface area contributed by atoms with E-state index in [4.69, 9.17) is 18.5 Å². The highest BCUT2D eigenvalue weighted by atomic mass is 31.2. The number of allylic oxidation sites excluding steroid dienone is 3. The molecular weight excluding hydrogens is 709 g/mol. The Morgan fingerprint density at radius 2 is 0.964 bits per heavy atom. The molecule has 0 aliphatic heterocycles. The quantitative estimate of drug-likeness (QED) is 0.0151. The summed E-state index contributed by atoms with van der Waals surface area (Å²) < 4.78 is 34.4. The molecule has 0 amide bonds. The van der Waals surface area contributed by atoms with Crippen molar-refractivity contribution in [1.82, 2.24) is 0 Å². The molecule has 326 valence electrons. The third-order valence-corrected chi connectivity index (χ3v) is 11.0. The van der Waals surface area contributed by atoms with E-state index in [2.05, 4.69) is 26.0 Å². The highest BCUT2D eigenvalue weighted by Gasteiger charge is 2.20. The zero-order chi connectivity index (χ0) is 40.6. The molecule has 0 N–H and O–H groups in total. The monoisotopic (exact) mass is 800 g/mol. The number of nitrogens with zero attached hydrogens (tertiary/aromatic N) is 1. The molecule has 1 unspecified atom stereocenters. The minimum Gasteiger partial charge on any atom is -0.756 e. The molecule has 0 bridgehead atoms. The van der Waals surface area contributed by atoms with Crippen molar-refractivity contribution in [1.29, 1.82) is 0 Å². The summed E-state index contributed by atoms with van der Waals surface area (Å²) >= 11 is 0.